The molecular weight excluding hydrogens is 420 g/mol. The van der Waals surface area contributed by atoms with E-state index in [0.29, 0.717) is 21.2 Å². The molecule has 0 spiro atoms. The summed E-state index contributed by atoms with van der Waals surface area (Å²) in [6.45, 7) is 1.25. The SMILES string of the molecule is CC(=O)N[C@@H](Cc1cccc(F)c1)C(=O)N[C@@H](Cc1ccc(Cl)cc1Cl)C(N)=O. The number of nitrogens with one attached hydrogen (secondary N) is 2. The van der Waals surface area contributed by atoms with Crippen molar-refractivity contribution in [2.24, 2.45) is 5.73 Å². The van der Waals surface area contributed by atoms with Crippen molar-refractivity contribution in [3.63, 3.8) is 0 Å². The lowest BCUT2D eigenvalue weighted by Crippen LogP contribution is -2.54. The van der Waals surface area contributed by atoms with E-state index in [1.54, 1.807) is 18.2 Å². The fourth-order valence-corrected chi connectivity index (χ4v) is 3.24. The van der Waals surface area contributed by atoms with Crippen LogP contribution in [0.2, 0.25) is 10.0 Å². The first kappa shape index (κ1) is 22.6. The maximum atomic E-state index is 13.4. The molecule has 154 valence electrons. The first-order chi connectivity index (χ1) is 13.7. The van der Waals surface area contributed by atoms with Gasteiger partial charge in [0.2, 0.25) is 17.7 Å². The Morgan fingerprint density at radius 1 is 1.03 bits per heavy atom. The van der Waals surface area contributed by atoms with Crippen LogP contribution in [0.15, 0.2) is 42.5 Å². The van der Waals surface area contributed by atoms with Gasteiger partial charge in [-0.25, -0.2) is 4.39 Å². The van der Waals surface area contributed by atoms with Gasteiger partial charge < -0.3 is 16.4 Å². The summed E-state index contributed by atoms with van der Waals surface area (Å²) in [6.07, 6.45) is 0.0835. The Morgan fingerprint density at radius 3 is 2.34 bits per heavy atom. The second kappa shape index (κ2) is 10.2. The molecule has 0 fully saturated rings. The summed E-state index contributed by atoms with van der Waals surface area (Å²) in [5.41, 5.74) is 6.51. The third kappa shape index (κ3) is 7.03. The lowest BCUT2D eigenvalue weighted by molar-refractivity contribution is -0.130. The van der Waals surface area contributed by atoms with E-state index >= 15 is 0 Å². The number of amides is 3. The van der Waals surface area contributed by atoms with Crippen molar-refractivity contribution in [1.82, 2.24) is 10.6 Å². The van der Waals surface area contributed by atoms with Gasteiger partial charge in [-0.3, -0.25) is 14.4 Å². The Bertz CT molecular complexity index is 924. The summed E-state index contributed by atoms with van der Waals surface area (Å²) in [7, 11) is 0. The van der Waals surface area contributed by atoms with Gasteiger partial charge in [0.25, 0.3) is 0 Å². The first-order valence-electron chi connectivity index (χ1n) is 8.71. The largest absolute Gasteiger partial charge is 0.368 e. The number of halogens is 3. The van der Waals surface area contributed by atoms with E-state index in [0.717, 1.165) is 0 Å². The second-order valence-electron chi connectivity index (χ2n) is 6.49. The summed E-state index contributed by atoms with van der Waals surface area (Å²) >= 11 is 12.0. The molecule has 0 bridgehead atoms. The first-order valence-corrected chi connectivity index (χ1v) is 9.46. The molecule has 0 heterocycles. The van der Waals surface area contributed by atoms with Crippen molar-refractivity contribution < 1.29 is 18.8 Å². The van der Waals surface area contributed by atoms with Crippen LogP contribution < -0.4 is 16.4 Å². The summed E-state index contributed by atoms with van der Waals surface area (Å²) in [5.74, 6) is -2.30. The summed E-state index contributed by atoms with van der Waals surface area (Å²) in [4.78, 5) is 36.1. The van der Waals surface area contributed by atoms with Crippen LogP contribution in [-0.2, 0) is 27.2 Å². The minimum Gasteiger partial charge on any atom is -0.368 e. The molecule has 9 heteroatoms. The number of rotatable bonds is 8. The minimum atomic E-state index is -1.06. The molecule has 0 aromatic heterocycles. The van der Waals surface area contributed by atoms with Crippen LogP contribution in [0, 0.1) is 5.82 Å². The maximum absolute atomic E-state index is 13.4. The standard InChI is InChI=1S/C20H20Cl2FN3O3/c1-11(27)25-18(8-12-3-2-4-15(23)7-12)20(29)26-17(19(24)28)9-13-5-6-14(21)10-16(13)22/h2-7,10,17-18H,8-9H2,1H3,(H2,24,28)(H,25,27)(H,26,29)/t17-,18-/m0/s1. The highest BCUT2D eigenvalue weighted by Gasteiger charge is 2.26. The fraction of sp³-hybridized carbons (Fsp3) is 0.250. The lowest BCUT2D eigenvalue weighted by atomic mass is 10.0. The Hall–Kier alpha value is -2.64. The molecule has 0 aliphatic carbocycles. The highest BCUT2D eigenvalue weighted by molar-refractivity contribution is 6.35. The maximum Gasteiger partial charge on any atom is 0.243 e. The summed E-state index contributed by atoms with van der Waals surface area (Å²) in [6, 6.07) is 8.34. The van der Waals surface area contributed by atoms with Crippen molar-refractivity contribution in [3.05, 3.63) is 69.5 Å². The predicted molar refractivity (Wildman–Crippen MR) is 109 cm³/mol. The molecule has 0 aliphatic rings. The number of hydrogen-bond donors (Lipinski definition) is 3. The van der Waals surface area contributed by atoms with Gasteiger partial charge in [0.1, 0.15) is 17.9 Å². The number of primary amides is 1. The van der Waals surface area contributed by atoms with Crippen LogP contribution >= 0.6 is 23.2 Å². The van der Waals surface area contributed by atoms with Gasteiger partial charge in [0.15, 0.2) is 0 Å². The van der Waals surface area contributed by atoms with Crippen molar-refractivity contribution in [2.75, 3.05) is 0 Å². The van der Waals surface area contributed by atoms with Gasteiger partial charge in [0.05, 0.1) is 0 Å². The molecule has 0 saturated heterocycles. The molecule has 4 N–H and O–H groups in total. The van der Waals surface area contributed by atoms with E-state index in [9.17, 15) is 18.8 Å². The van der Waals surface area contributed by atoms with E-state index in [1.165, 1.54) is 31.2 Å². The average Bonchev–Trinajstić information content (AvgIpc) is 2.62. The third-order valence-corrected chi connectivity index (χ3v) is 4.71. The number of carbonyl (C=O) groups is 3. The van der Waals surface area contributed by atoms with E-state index < -0.39 is 35.6 Å². The quantitative estimate of drug-likeness (QED) is 0.588. The number of benzene rings is 2. The van der Waals surface area contributed by atoms with Crippen LogP contribution in [0.3, 0.4) is 0 Å². The normalized spacial score (nSPS) is 12.7. The van der Waals surface area contributed by atoms with Gasteiger partial charge in [0, 0.05) is 29.8 Å². The predicted octanol–water partition coefficient (Wildman–Crippen LogP) is 2.39. The molecular formula is C20H20Cl2FN3O3. The molecule has 29 heavy (non-hydrogen) atoms. The number of carbonyl (C=O) groups excluding carboxylic acids is 3. The molecule has 2 atom stereocenters. The van der Waals surface area contributed by atoms with Gasteiger partial charge >= 0.3 is 0 Å². The van der Waals surface area contributed by atoms with Crippen LogP contribution in [0.5, 0.6) is 0 Å². The Kier molecular flexibility index (Phi) is 7.99. The van der Waals surface area contributed by atoms with Crippen molar-refractivity contribution in [1.29, 1.82) is 0 Å². The molecule has 3 amide bonds. The highest BCUT2D eigenvalue weighted by Crippen LogP contribution is 2.22. The molecule has 6 nitrogen and oxygen atoms in total. The Morgan fingerprint density at radius 2 is 1.76 bits per heavy atom. The van der Waals surface area contributed by atoms with Gasteiger partial charge in [-0.1, -0.05) is 41.4 Å². The smallest absolute Gasteiger partial charge is 0.243 e. The Labute approximate surface area is 177 Å². The van der Waals surface area contributed by atoms with Crippen LogP contribution in [-0.4, -0.2) is 29.8 Å². The molecule has 2 aromatic rings. The molecule has 0 radical (unpaired) electrons. The fourth-order valence-electron chi connectivity index (χ4n) is 2.76. The number of nitrogens with two attached hydrogens (primary N) is 1. The molecule has 0 aliphatic heterocycles. The van der Waals surface area contributed by atoms with E-state index in [2.05, 4.69) is 10.6 Å². The summed E-state index contributed by atoms with van der Waals surface area (Å²) in [5, 5.41) is 5.80. The number of hydrogen-bond acceptors (Lipinski definition) is 3. The molecule has 0 unspecified atom stereocenters. The highest BCUT2D eigenvalue weighted by atomic mass is 35.5. The zero-order chi connectivity index (χ0) is 21.6. The van der Waals surface area contributed by atoms with E-state index in [-0.39, 0.29) is 12.8 Å². The lowest BCUT2D eigenvalue weighted by Gasteiger charge is -2.22. The van der Waals surface area contributed by atoms with E-state index in [1.807, 2.05) is 0 Å². The zero-order valence-corrected chi connectivity index (χ0v) is 17.1. The summed E-state index contributed by atoms with van der Waals surface area (Å²) < 4.78 is 13.4. The monoisotopic (exact) mass is 439 g/mol. The van der Waals surface area contributed by atoms with Gasteiger partial charge in [-0.15, -0.1) is 0 Å². The molecule has 2 aromatic carbocycles. The van der Waals surface area contributed by atoms with Crippen LogP contribution in [0.1, 0.15) is 18.1 Å². The van der Waals surface area contributed by atoms with Crippen molar-refractivity contribution in [2.45, 2.75) is 31.8 Å². The van der Waals surface area contributed by atoms with E-state index in [4.69, 9.17) is 28.9 Å². The van der Waals surface area contributed by atoms with Gasteiger partial charge in [-0.05, 0) is 35.4 Å². The van der Waals surface area contributed by atoms with Gasteiger partial charge in [-0.2, -0.15) is 0 Å². The zero-order valence-electron chi connectivity index (χ0n) is 15.5. The van der Waals surface area contributed by atoms with Crippen molar-refractivity contribution >= 4 is 40.9 Å². The minimum absolute atomic E-state index is 0.0381. The topological polar surface area (TPSA) is 101 Å². The average molecular weight is 440 g/mol. The molecule has 0 saturated carbocycles. The second-order valence-corrected chi connectivity index (χ2v) is 7.33. The third-order valence-electron chi connectivity index (χ3n) is 4.12. The van der Waals surface area contributed by atoms with Crippen molar-refractivity contribution in [3.8, 4) is 0 Å². The molecule has 2 rings (SSSR count). The van der Waals surface area contributed by atoms with Crippen LogP contribution in [0.4, 0.5) is 4.39 Å². The van der Waals surface area contributed by atoms with Crippen LogP contribution in [0.25, 0.3) is 0 Å². The Balaban J connectivity index is 2.17.